The Morgan fingerprint density at radius 1 is 1.47 bits per heavy atom. The number of rotatable bonds is 2. The zero-order valence-electron chi connectivity index (χ0n) is 10.9. The van der Waals surface area contributed by atoms with Gasteiger partial charge < -0.3 is 10.0 Å². The highest BCUT2D eigenvalue weighted by molar-refractivity contribution is 5.41. The molecule has 1 aromatic rings. The minimum absolute atomic E-state index is 0.594. The van der Waals surface area contributed by atoms with Crippen LogP contribution in [0.15, 0.2) is 6.07 Å². The molecule has 0 saturated carbocycles. The summed E-state index contributed by atoms with van der Waals surface area (Å²) in [5.74, 6) is 1.76. The second-order valence-corrected chi connectivity index (χ2v) is 5.14. The Hall–Kier alpha value is -1.16. The van der Waals surface area contributed by atoms with E-state index in [-0.39, 0.29) is 0 Å². The molecule has 2 rings (SSSR count). The number of hydrogen-bond acceptors (Lipinski definition) is 4. The monoisotopic (exact) mass is 235 g/mol. The lowest BCUT2D eigenvalue weighted by Gasteiger charge is -2.37. The Kier molecular flexibility index (Phi) is 3.33. The molecule has 0 spiro atoms. The van der Waals surface area contributed by atoms with Crippen LogP contribution in [0.25, 0.3) is 0 Å². The van der Waals surface area contributed by atoms with Crippen molar-refractivity contribution in [3.8, 4) is 0 Å². The third-order valence-corrected chi connectivity index (χ3v) is 3.24. The minimum Gasteiger partial charge on any atom is -0.388 e. The maximum Gasteiger partial charge on any atom is 0.132 e. The van der Waals surface area contributed by atoms with Gasteiger partial charge in [-0.05, 0) is 33.1 Å². The fourth-order valence-electron chi connectivity index (χ4n) is 2.37. The molecule has 1 N–H and O–H groups in total. The lowest BCUT2D eigenvalue weighted by atomic mass is 9.95. The van der Waals surface area contributed by atoms with Gasteiger partial charge in [-0.25, -0.2) is 9.97 Å². The van der Waals surface area contributed by atoms with Crippen molar-refractivity contribution in [2.75, 3.05) is 18.0 Å². The molecular formula is C13H21N3O. The van der Waals surface area contributed by atoms with E-state index in [1.54, 1.807) is 0 Å². The number of nitrogens with zero attached hydrogens (tertiary/aromatic N) is 3. The van der Waals surface area contributed by atoms with Crippen LogP contribution in [0.1, 0.15) is 38.2 Å². The summed E-state index contributed by atoms with van der Waals surface area (Å²) in [5.41, 5.74) is 0.474. The van der Waals surface area contributed by atoms with Crippen molar-refractivity contribution >= 4 is 5.82 Å². The van der Waals surface area contributed by atoms with Gasteiger partial charge in [-0.2, -0.15) is 0 Å². The van der Waals surface area contributed by atoms with E-state index in [0.29, 0.717) is 6.54 Å². The van der Waals surface area contributed by atoms with Crippen LogP contribution in [0.3, 0.4) is 0 Å². The first kappa shape index (κ1) is 12.3. The Morgan fingerprint density at radius 3 is 2.88 bits per heavy atom. The summed E-state index contributed by atoms with van der Waals surface area (Å²) in [6, 6.07) is 2.04. The molecule has 0 aliphatic carbocycles. The van der Waals surface area contributed by atoms with Crippen LogP contribution in [0, 0.1) is 6.92 Å². The van der Waals surface area contributed by atoms with Gasteiger partial charge in [-0.15, -0.1) is 0 Å². The molecule has 17 heavy (non-hydrogen) atoms. The Morgan fingerprint density at radius 2 is 2.24 bits per heavy atom. The van der Waals surface area contributed by atoms with Crippen LogP contribution in [0.4, 0.5) is 5.82 Å². The van der Waals surface area contributed by atoms with E-state index < -0.39 is 5.60 Å². The zero-order chi connectivity index (χ0) is 12.5. The molecule has 1 fully saturated rings. The van der Waals surface area contributed by atoms with E-state index in [0.717, 1.165) is 43.1 Å². The predicted octanol–water partition coefficient (Wildman–Crippen LogP) is 1.70. The van der Waals surface area contributed by atoms with Crippen LogP contribution in [-0.2, 0) is 6.42 Å². The molecule has 2 heterocycles. The molecule has 0 radical (unpaired) electrons. The van der Waals surface area contributed by atoms with Crippen LogP contribution in [0.5, 0.6) is 0 Å². The Bertz CT molecular complexity index is 404. The van der Waals surface area contributed by atoms with E-state index >= 15 is 0 Å². The average molecular weight is 235 g/mol. The van der Waals surface area contributed by atoms with Crippen LogP contribution in [0.2, 0.25) is 0 Å². The number of piperidine rings is 1. The third kappa shape index (κ3) is 2.94. The highest BCUT2D eigenvalue weighted by Crippen LogP contribution is 2.24. The second kappa shape index (κ2) is 4.61. The van der Waals surface area contributed by atoms with Crippen LogP contribution in [-0.4, -0.2) is 33.8 Å². The number of anilines is 1. The van der Waals surface area contributed by atoms with Gasteiger partial charge in [0.05, 0.1) is 5.60 Å². The molecule has 1 aliphatic heterocycles. The maximum absolute atomic E-state index is 10.1. The first-order valence-electron chi connectivity index (χ1n) is 6.32. The summed E-state index contributed by atoms with van der Waals surface area (Å²) < 4.78 is 0. The van der Waals surface area contributed by atoms with Gasteiger partial charge in [-0.3, -0.25) is 0 Å². The average Bonchev–Trinajstić information content (AvgIpc) is 2.27. The molecule has 1 aromatic heterocycles. The van der Waals surface area contributed by atoms with Gasteiger partial charge in [0.2, 0.25) is 0 Å². The lowest BCUT2D eigenvalue weighted by molar-refractivity contribution is 0.0447. The zero-order valence-corrected chi connectivity index (χ0v) is 10.9. The second-order valence-electron chi connectivity index (χ2n) is 5.14. The van der Waals surface area contributed by atoms with Crippen molar-refractivity contribution in [1.29, 1.82) is 0 Å². The summed E-state index contributed by atoms with van der Waals surface area (Å²) in [6.45, 7) is 7.54. The van der Waals surface area contributed by atoms with Crippen molar-refractivity contribution in [2.45, 2.75) is 45.6 Å². The minimum atomic E-state index is -0.594. The standard InChI is InChI=1S/C13H21N3O/c1-4-11-8-12(15-10(2)14-11)16-7-5-6-13(3,17)9-16/h8,17H,4-7,9H2,1-3H3. The highest BCUT2D eigenvalue weighted by atomic mass is 16.3. The van der Waals surface area contributed by atoms with Crippen molar-refractivity contribution in [3.63, 3.8) is 0 Å². The molecule has 4 heteroatoms. The van der Waals surface area contributed by atoms with E-state index in [4.69, 9.17) is 0 Å². The van der Waals surface area contributed by atoms with Crippen molar-refractivity contribution < 1.29 is 5.11 Å². The first-order valence-corrected chi connectivity index (χ1v) is 6.32. The molecule has 1 unspecified atom stereocenters. The largest absolute Gasteiger partial charge is 0.388 e. The van der Waals surface area contributed by atoms with Gasteiger partial charge in [0.1, 0.15) is 11.6 Å². The smallest absolute Gasteiger partial charge is 0.132 e. The molecule has 1 atom stereocenters. The van der Waals surface area contributed by atoms with Crippen LogP contribution >= 0.6 is 0 Å². The molecule has 1 aliphatic rings. The van der Waals surface area contributed by atoms with Crippen LogP contribution < -0.4 is 4.90 Å². The summed E-state index contributed by atoms with van der Waals surface area (Å²) in [6.07, 6.45) is 2.80. The van der Waals surface area contributed by atoms with E-state index in [2.05, 4.69) is 21.8 Å². The number of hydrogen-bond donors (Lipinski definition) is 1. The summed E-state index contributed by atoms with van der Waals surface area (Å²) >= 11 is 0. The quantitative estimate of drug-likeness (QED) is 0.847. The van der Waals surface area contributed by atoms with Crippen molar-refractivity contribution in [2.24, 2.45) is 0 Å². The molecular weight excluding hydrogens is 214 g/mol. The van der Waals surface area contributed by atoms with Crippen molar-refractivity contribution in [3.05, 3.63) is 17.6 Å². The Balaban J connectivity index is 2.24. The summed E-state index contributed by atoms with van der Waals surface area (Å²) in [5, 5.41) is 10.1. The number of aryl methyl sites for hydroxylation is 2. The molecule has 0 bridgehead atoms. The summed E-state index contributed by atoms with van der Waals surface area (Å²) in [4.78, 5) is 11.0. The summed E-state index contributed by atoms with van der Waals surface area (Å²) in [7, 11) is 0. The number of aliphatic hydroxyl groups is 1. The fraction of sp³-hybridized carbons (Fsp3) is 0.692. The fourth-order valence-corrected chi connectivity index (χ4v) is 2.37. The Labute approximate surface area is 103 Å². The van der Waals surface area contributed by atoms with E-state index in [1.165, 1.54) is 0 Å². The molecule has 0 amide bonds. The van der Waals surface area contributed by atoms with Gasteiger partial charge in [0, 0.05) is 24.8 Å². The van der Waals surface area contributed by atoms with E-state index in [9.17, 15) is 5.11 Å². The van der Waals surface area contributed by atoms with Gasteiger partial charge in [-0.1, -0.05) is 6.92 Å². The first-order chi connectivity index (χ1) is 8.00. The van der Waals surface area contributed by atoms with Crippen molar-refractivity contribution in [1.82, 2.24) is 9.97 Å². The van der Waals surface area contributed by atoms with Gasteiger partial charge in [0.25, 0.3) is 0 Å². The van der Waals surface area contributed by atoms with E-state index in [1.807, 2.05) is 19.9 Å². The molecule has 4 nitrogen and oxygen atoms in total. The molecule has 94 valence electrons. The lowest BCUT2D eigenvalue weighted by Crippen LogP contribution is -2.46. The predicted molar refractivity (Wildman–Crippen MR) is 68.2 cm³/mol. The SMILES string of the molecule is CCc1cc(N2CCCC(C)(O)C2)nc(C)n1. The third-order valence-electron chi connectivity index (χ3n) is 3.24. The highest BCUT2D eigenvalue weighted by Gasteiger charge is 2.29. The molecule has 0 aromatic carbocycles. The van der Waals surface area contributed by atoms with Gasteiger partial charge >= 0.3 is 0 Å². The number of β-amino-alcohol motifs (C(OH)–C–C–N with tert-alkyl or cyclic N) is 1. The number of aromatic nitrogens is 2. The normalized spacial score (nSPS) is 25.1. The topological polar surface area (TPSA) is 49.2 Å². The molecule has 1 saturated heterocycles. The van der Waals surface area contributed by atoms with Gasteiger partial charge in [0.15, 0.2) is 0 Å². The maximum atomic E-state index is 10.1.